The van der Waals surface area contributed by atoms with Gasteiger partial charge in [0.1, 0.15) is 5.51 Å². The molecular weight excluding hydrogens is 244 g/mol. The van der Waals surface area contributed by atoms with Gasteiger partial charge in [-0.1, -0.05) is 17.4 Å². The lowest BCUT2D eigenvalue weighted by Crippen LogP contribution is -1.68. The highest BCUT2D eigenvalue weighted by atomic mass is 32.1. The molecule has 74 valence electrons. The Bertz CT molecular complexity index is 488. The summed E-state index contributed by atoms with van der Waals surface area (Å²) in [6, 6.07) is 8.47. The molecule has 0 amide bonds. The molecule has 3 heterocycles. The molecule has 15 heavy (non-hydrogen) atoms. The second kappa shape index (κ2) is 3.84. The number of aromatic nitrogens is 2. The maximum atomic E-state index is 4.06. The highest BCUT2D eigenvalue weighted by Crippen LogP contribution is 2.36. The molecule has 0 aliphatic rings. The summed E-state index contributed by atoms with van der Waals surface area (Å²) >= 11 is 5.11. The number of nitrogens with zero attached hydrogens (tertiary/aromatic N) is 2. The minimum Gasteiger partial charge on any atom is -0.147 e. The van der Waals surface area contributed by atoms with Crippen LogP contribution < -0.4 is 0 Å². The van der Waals surface area contributed by atoms with Crippen LogP contribution in [0, 0.1) is 0 Å². The number of hydrogen-bond donors (Lipinski definition) is 0. The van der Waals surface area contributed by atoms with Crippen LogP contribution in [0.2, 0.25) is 0 Å². The molecule has 3 aromatic rings. The van der Waals surface area contributed by atoms with Gasteiger partial charge >= 0.3 is 0 Å². The van der Waals surface area contributed by atoms with Crippen molar-refractivity contribution in [3.63, 3.8) is 0 Å². The fourth-order valence-corrected chi connectivity index (χ4v) is 3.75. The third kappa shape index (κ3) is 1.73. The summed E-state index contributed by atoms with van der Waals surface area (Å²) in [6.45, 7) is 0. The Morgan fingerprint density at radius 2 is 1.87 bits per heavy atom. The van der Waals surface area contributed by atoms with Crippen molar-refractivity contribution in [1.29, 1.82) is 0 Å². The van der Waals surface area contributed by atoms with E-state index in [4.69, 9.17) is 0 Å². The van der Waals surface area contributed by atoms with Gasteiger partial charge in [-0.15, -0.1) is 32.9 Å². The zero-order valence-electron chi connectivity index (χ0n) is 7.58. The minimum atomic E-state index is 1.00. The number of hydrogen-bond acceptors (Lipinski definition) is 5. The van der Waals surface area contributed by atoms with Gasteiger partial charge in [-0.25, -0.2) is 0 Å². The molecule has 3 aromatic heterocycles. The van der Waals surface area contributed by atoms with Crippen molar-refractivity contribution in [3.05, 3.63) is 35.2 Å². The Kier molecular flexibility index (Phi) is 2.36. The maximum absolute atomic E-state index is 4.06. The number of thiophene rings is 2. The molecule has 0 aromatic carbocycles. The number of rotatable bonds is 2. The fourth-order valence-electron chi connectivity index (χ4n) is 1.28. The molecule has 0 unspecified atom stereocenters. The Labute approximate surface area is 98.9 Å². The van der Waals surface area contributed by atoms with Crippen molar-refractivity contribution < 1.29 is 0 Å². The normalized spacial score (nSPS) is 10.7. The van der Waals surface area contributed by atoms with Crippen molar-refractivity contribution in [1.82, 2.24) is 10.2 Å². The lowest BCUT2D eigenvalue weighted by atomic mass is 10.4. The monoisotopic (exact) mass is 250 g/mol. The van der Waals surface area contributed by atoms with E-state index in [-0.39, 0.29) is 0 Å². The molecule has 0 N–H and O–H groups in total. The molecule has 0 radical (unpaired) electrons. The van der Waals surface area contributed by atoms with Gasteiger partial charge in [0.2, 0.25) is 0 Å². The van der Waals surface area contributed by atoms with Crippen molar-refractivity contribution >= 4 is 34.0 Å². The van der Waals surface area contributed by atoms with E-state index in [1.165, 1.54) is 14.6 Å². The van der Waals surface area contributed by atoms with Gasteiger partial charge in [0.25, 0.3) is 0 Å². The van der Waals surface area contributed by atoms with Gasteiger partial charge < -0.3 is 0 Å². The molecule has 0 aliphatic heterocycles. The topological polar surface area (TPSA) is 25.8 Å². The smallest absolute Gasteiger partial charge is 0.147 e. The maximum Gasteiger partial charge on any atom is 0.157 e. The second-order valence-corrected chi connectivity index (χ2v) is 5.75. The van der Waals surface area contributed by atoms with E-state index in [0.29, 0.717) is 0 Å². The molecule has 0 saturated carbocycles. The van der Waals surface area contributed by atoms with E-state index >= 15 is 0 Å². The van der Waals surface area contributed by atoms with Crippen LogP contribution in [0.5, 0.6) is 0 Å². The Morgan fingerprint density at radius 1 is 0.933 bits per heavy atom. The minimum absolute atomic E-state index is 1.00. The van der Waals surface area contributed by atoms with E-state index in [1.807, 2.05) is 0 Å². The van der Waals surface area contributed by atoms with Crippen LogP contribution in [0.15, 0.2) is 35.2 Å². The largest absolute Gasteiger partial charge is 0.157 e. The Morgan fingerprint density at radius 3 is 2.60 bits per heavy atom. The molecule has 0 saturated heterocycles. The summed E-state index contributed by atoms with van der Waals surface area (Å²) in [5.74, 6) is 0. The SMILES string of the molecule is c1csc(-c2ccc(-c3nncs3)s2)c1. The average molecular weight is 250 g/mol. The first-order valence-corrected chi connectivity index (χ1v) is 6.91. The molecule has 0 aliphatic carbocycles. The van der Waals surface area contributed by atoms with Crippen LogP contribution in [0.25, 0.3) is 19.6 Å². The molecule has 0 fully saturated rings. The van der Waals surface area contributed by atoms with E-state index in [9.17, 15) is 0 Å². The average Bonchev–Trinajstić information content (AvgIpc) is 3.02. The summed E-state index contributed by atoms with van der Waals surface area (Å²) in [7, 11) is 0. The molecule has 0 bridgehead atoms. The molecule has 0 spiro atoms. The quantitative estimate of drug-likeness (QED) is 0.687. The third-order valence-corrected chi connectivity index (χ3v) is 4.95. The molecule has 5 heteroatoms. The van der Waals surface area contributed by atoms with Gasteiger partial charge in [0, 0.05) is 9.75 Å². The fraction of sp³-hybridized carbons (Fsp3) is 0. The van der Waals surface area contributed by atoms with E-state index < -0.39 is 0 Å². The van der Waals surface area contributed by atoms with Crippen molar-refractivity contribution in [3.8, 4) is 19.6 Å². The van der Waals surface area contributed by atoms with Gasteiger partial charge in [0.15, 0.2) is 5.01 Å². The lowest BCUT2D eigenvalue weighted by molar-refractivity contribution is 1.10. The van der Waals surface area contributed by atoms with Crippen molar-refractivity contribution in [2.45, 2.75) is 0 Å². The van der Waals surface area contributed by atoms with Gasteiger partial charge in [-0.05, 0) is 23.6 Å². The van der Waals surface area contributed by atoms with Crippen LogP contribution in [-0.4, -0.2) is 10.2 Å². The Hall–Kier alpha value is -1.04. The predicted molar refractivity (Wildman–Crippen MR) is 66.5 cm³/mol. The highest BCUT2D eigenvalue weighted by molar-refractivity contribution is 7.25. The third-order valence-electron chi connectivity index (χ3n) is 1.94. The zero-order valence-corrected chi connectivity index (χ0v) is 10.0. The summed E-state index contributed by atoms with van der Waals surface area (Å²) < 4.78 is 0. The van der Waals surface area contributed by atoms with E-state index in [2.05, 4.69) is 39.8 Å². The predicted octanol–water partition coefficient (Wildman–Crippen LogP) is 4.00. The van der Waals surface area contributed by atoms with E-state index in [0.717, 1.165) is 5.01 Å². The summed E-state index contributed by atoms with van der Waals surface area (Å²) in [5.41, 5.74) is 1.76. The summed E-state index contributed by atoms with van der Waals surface area (Å²) in [4.78, 5) is 3.81. The Balaban J connectivity index is 2.02. The molecule has 0 atom stereocenters. The van der Waals surface area contributed by atoms with E-state index in [1.54, 1.807) is 39.5 Å². The van der Waals surface area contributed by atoms with Gasteiger partial charge in [0.05, 0.1) is 4.88 Å². The first-order valence-electron chi connectivity index (χ1n) is 4.34. The van der Waals surface area contributed by atoms with Crippen LogP contribution >= 0.6 is 34.0 Å². The summed E-state index contributed by atoms with van der Waals surface area (Å²) in [6.07, 6.45) is 0. The lowest BCUT2D eigenvalue weighted by Gasteiger charge is -1.88. The summed E-state index contributed by atoms with van der Waals surface area (Å²) in [5, 5.41) is 11.0. The molecular formula is C10H6N2S3. The van der Waals surface area contributed by atoms with Gasteiger partial charge in [-0.2, -0.15) is 0 Å². The van der Waals surface area contributed by atoms with Gasteiger partial charge in [-0.3, -0.25) is 0 Å². The van der Waals surface area contributed by atoms with Crippen LogP contribution in [-0.2, 0) is 0 Å². The zero-order chi connectivity index (χ0) is 10.1. The van der Waals surface area contributed by atoms with Crippen molar-refractivity contribution in [2.24, 2.45) is 0 Å². The standard InChI is InChI=1S/C10H6N2S3/c1-2-7(13-5-1)8-3-4-9(15-8)10-12-11-6-14-10/h1-6H. The van der Waals surface area contributed by atoms with Crippen LogP contribution in [0.1, 0.15) is 0 Å². The first-order chi connectivity index (χ1) is 7.43. The second-order valence-electron chi connectivity index (χ2n) is 2.89. The highest BCUT2D eigenvalue weighted by Gasteiger charge is 2.07. The molecule has 3 rings (SSSR count). The van der Waals surface area contributed by atoms with Crippen LogP contribution in [0.3, 0.4) is 0 Å². The first kappa shape index (κ1) is 9.21. The molecule has 2 nitrogen and oxygen atoms in total. The van der Waals surface area contributed by atoms with Crippen LogP contribution in [0.4, 0.5) is 0 Å². The van der Waals surface area contributed by atoms with Crippen molar-refractivity contribution in [2.75, 3.05) is 0 Å².